The zero-order valence-corrected chi connectivity index (χ0v) is 18.1. The van der Waals surface area contributed by atoms with Crippen LogP contribution in [-0.4, -0.2) is 43.1 Å². The van der Waals surface area contributed by atoms with E-state index in [-0.39, 0.29) is 35.5 Å². The molecule has 0 saturated carbocycles. The monoisotopic (exact) mass is 502 g/mol. The lowest BCUT2D eigenvalue weighted by atomic mass is 10.2. The van der Waals surface area contributed by atoms with Gasteiger partial charge in [-0.2, -0.15) is 0 Å². The summed E-state index contributed by atoms with van der Waals surface area (Å²) in [7, 11) is 3.48. The fourth-order valence-corrected chi connectivity index (χ4v) is 2.45. The second-order valence-corrected chi connectivity index (χ2v) is 5.97. The van der Waals surface area contributed by atoms with E-state index >= 15 is 0 Å². The second kappa shape index (κ2) is 12.2. The van der Waals surface area contributed by atoms with Crippen LogP contribution in [0.25, 0.3) is 0 Å². The minimum atomic E-state index is -0.433. The van der Waals surface area contributed by atoms with E-state index in [2.05, 4.69) is 10.3 Å². The van der Waals surface area contributed by atoms with Crippen molar-refractivity contribution in [1.82, 2.24) is 10.2 Å². The lowest BCUT2D eigenvalue weighted by Crippen LogP contribution is -2.40. The van der Waals surface area contributed by atoms with Crippen molar-refractivity contribution in [3.63, 3.8) is 0 Å². The Hall–Kier alpha value is -2.27. The molecule has 0 radical (unpaired) electrons. The van der Waals surface area contributed by atoms with Crippen LogP contribution in [0.5, 0.6) is 0 Å². The number of benzene rings is 2. The molecule has 9 heteroatoms. The topological polar surface area (TPSA) is 80.0 Å². The van der Waals surface area contributed by atoms with Gasteiger partial charge in [0.05, 0.1) is 18.1 Å². The van der Waals surface area contributed by atoms with Gasteiger partial charge in [-0.3, -0.25) is 10.1 Å². The average molecular weight is 502 g/mol. The summed E-state index contributed by atoms with van der Waals surface area (Å²) >= 11 is 0. The van der Waals surface area contributed by atoms with E-state index in [1.807, 2.05) is 18.0 Å². The highest BCUT2D eigenvalue weighted by atomic mass is 127. The predicted octanol–water partition coefficient (Wildman–Crippen LogP) is 3.58. The van der Waals surface area contributed by atoms with E-state index in [0.717, 1.165) is 11.1 Å². The molecule has 0 atom stereocenters. The molecule has 0 spiro atoms. The zero-order chi connectivity index (χ0) is 19.6. The number of aliphatic imine (C=N–C) groups is 1. The number of non-ortho nitro benzene ring substituents is 1. The van der Waals surface area contributed by atoms with Gasteiger partial charge in [0.1, 0.15) is 5.82 Å². The van der Waals surface area contributed by atoms with Crippen LogP contribution in [0, 0.1) is 15.9 Å². The lowest BCUT2D eigenvalue weighted by Gasteiger charge is -2.22. The Kier molecular flexibility index (Phi) is 10.4. The summed E-state index contributed by atoms with van der Waals surface area (Å²) in [6.45, 7) is 1.94. The third kappa shape index (κ3) is 7.77. The molecular weight excluding hydrogens is 478 g/mol. The van der Waals surface area contributed by atoms with Gasteiger partial charge in [0.15, 0.2) is 5.96 Å². The number of hydrogen-bond donors (Lipinski definition) is 1. The van der Waals surface area contributed by atoms with Gasteiger partial charge >= 0.3 is 0 Å². The SMILES string of the molecule is COCCNC(=NCc1ccc([N+](=O)[O-])cc1)N(C)Cc1cccc(F)c1.I. The van der Waals surface area contributed by atoms with Gasteiger partial charge in [-0.1, -0.05) is 24.3 Å². The molecule has 2 rings (SSSR count). The molecule has 1 N–H and O–H groups in total. The number of hydrogen-bond acceptors (Lipinski definition) is 4. The highest BCUT2D eigenvalue weighted by Gasteiger charge is 2.09. The molecule has 0 amide bonds. The Morgan fingerprint density at radius 1 is 1.25 bits per heavy atom. The first-order chi connectivity index (χ1) is 13.0. The van der Waals surface area contributed by atoms with Gasteiger partial charge in [0.25, 0.3) is 5.69 Å². The Labute approximate surface area is 180 Å². The molecule has 0 unspecified atom stereocenters. The predicted molar refractivity (Wildman–Crippen MR) is 117 cm³/mol. The number of ether oxygens (including phenoxy) is 1. The number of nitrogens with zero attached hydrogens (tertiary/aromatic N) is 3. The fourth-order valence-electron chi connectivity index (χ4n) is 2.45. The molecule has 2 aromatic carbocycles. The van der Waals surface area contributed by atoms with E-state index < -0.39 is 4.92 Å². The maximum absolute atomic E-state index is 13.4. The fraction of sp³-hybridized carbons (Fsp3) is 0.316. The summed E-state index contributed by atoms with van der Waals surface area (Å²) in [5.74, 6) is 0.354. The van der Waals surface area contributed by atoms with Crippen LogP contribution in [0.3, 0.4) is 0 Å². The second-order valence-electron chi connectivity index (χ2n) is 5.97. The van der Waals surface area contributed by atoms with Gasteiger partial charge in [-0.25, -0.2) is 9.38 Å². The molecule has 0 saturated heterocycles. The number of nitro benzene ring substituents is 1. The van der Waals surface area contributed by atoms with Crippen molar-refractivity contribution in [3.8, 4) is 0 Å². The Morgan fingerprint density at radius 2 is 1.96 bits per heavy atom. The highest BCUT2D eigenvalue weighted by Crippen LogP contribution is 2.13. The summed E-state index contributed by atoms with van der Waals surface area (Å²) < 4.78 is 18.5. The molecule has 0 aliphatic heterocycles. The summed E-state index contributed by atoms with van der Waals surface area (Å²) in [6.07, 6.45) is 0. The number of guanidine groups is 1. The number of rotatable bonds is 8. The minimum absolute atomic E-state index is 0. The normalized spacial score (nSPS) is 10.9. The van der Waals surface area contributed by atoms with Crippen LogP contribution in [0.4, 0.5) is 10.1 Å². The van der Waals surface area contributed by atoms with Crippen LogP contribution in [0.1, 0.15) is 11.1 Å². The average Bonchev–Trinajstić information content (AvgIpc) is 2.64. The molecule has 2 aromatic rings. The minimum Gasteiger partial charge on any atom is -0.383 e. The summed E-state index contributed by atoms with van der Waals surface area (Å²) in [5, 5.41) is 13.9. The first-order valence-electron chi connectivity index (χ1n) is 8.45. The van der Waals surface area contributed by atoms with E-state index in [0.29, 0.717) is 32.2 Å². The molecule has 0 aromatic heterocycles. The zero-order valence-electron chi connectivity index (χ0n) is 15.8. The number of halogens is 2. The van der Waals surface area contributed by atoms with Crippen LogP contribution >= 0.6 is 24.0 Å². The van der Waals surface area contributed by atoms with Gasteiger partial charge in [0, 0.05) is 39.4 Å². The maximum atomic E-state index is 13.4. The van der Waals surface area contributed by atoms with E-state index in [4.69, 9.17) is 4.74 Å². The van der Waals surface area contributed by atoms with Gasteiger partial charge in [0.2, 0.25) is 0 Å². The molecular formula is C19H24FIN4O3. The third-order valence-electron chi connectivity index (χ3n) is 3.82. The molecule has 152 valence electrons. The first kappa shape index (κ1) is 23.8. The Bertz CT molecular complexity index is 787. The van der Waals surface area contributed by atoms with Crippen LogP contribution in [0.15, 0.2) is 53.5 Å². The van der Waals surface area contributed by atoms with Gasteiger partial charge in [-0.05, 0) is 23.3 Å². The van der Waals surface area contributed by atoms with Crippen molar-refractivity contribution >= 4 is 35.6 Å². The van der Waals surface area contributed by atoms with Crippen molar-refractivity contribution < 1.29 is 14.1 Å². The number of nitro groups is 1. The van der Waals surface area contributed by atoms with E-state index in [1.54, 1.807) is 25.3 Å². The quantitative estimate of drug-likeness (QED) is 0.149. The van der Waals surface area contributed by atoms with Gasteiger partial charge < -0.3 is 15.0 Å². The molecule has 28 heavy (non-hydrogen) atoms. The van der Waals surface area contributed by atoms with E-state index in [1.165, 1.54) is 24.3 Å². The number of nitrogens with one attached hydrogen (secondary N) is 1. The van der Waals surface area contributed by atoms with Crippen molar-refractivity contribution in [3.05, 3.63) is 75.6 Å². The number of methoxy groups -OCH3 is 1. The lowest BCUT2D eigenvalue weighted by molar-refractivity contribution is -0.384. The molecule has 0 aliphatic rings. The molecule has 0 fully saturated rings. The van der Waals surface area contributed by atoms with Crippen molar-refractivity contribution in [2.75, 3.05) is 27.3 Å². The standard InChI is InChI=1S/C19H23FN4O3.HI/c1-23(14-16-4-3-5-17(20)12-16)19(21-10-11-27-2)22-13-15-6-8-18(9-7-15)24(25)26;/h3-9,12H,10-11,13-14H2,1-2H3,(H,21,22);1H. The molecule has 0 heterocycles. The van der Waals surface area contributed by atoms with Gasteiger partial charge in [-0.15, -0.1) is 24.0 Å². The highest BCUT2D eigenvalue weighted by molar-refractivity contribution is 14.0. The van der Waals surface area contributed by atoms with Crippen molar-refractivity contribution in [2.24, 2.45) is 4.99 Å². The largest absolute Gasteiger partial charge is 0.383 e. The third-order valence-corrected chi connectivity index (χ3v) is 3.82. The van der Waals surface area contributed by atoms with Crippen LogP contribution < -0.4 is 5.32 Å². The van der Waals surface area contributed by atoms with E-state index in [9.17, 15) is 14.5 Å². The Balaban J connectivity index is 0.00000392. The van der Waals surface area contributed by atoms with Crippen LogP contribution in [-0.2, 0) is 17.8 Å². The molecule has 0 bridgehead atoms. The Morgan fingerprint density at radius 3 is 2.57 bits per heavy atom. The van der Waals surface area contributed by atoms with Crippen molar-refractivity contribution in [1.29, 1.82) is 0 Å². The molecule has 0 aliphatic carbocycles. The summed E-state index contributed by atoms with van der Waals surface area (Å²) in [4.78, 5) is 16.8. The first-order valence-corrected chi connectivity index (χ1v) is 8.45. The van der Waals surface area contributed by atoms with Crippen LogP contribution in [0.2, 0.25) is 0 Å². The maximum Gasteiger partial charge on any atom is 0.269 e. The van der Waals surface area contributed by atoms with Crippen molar-refractivity contribution in [2.45, 2.75) is 13.1 Å². The summed E-state index contributed by atoms with van der Waals surface area (Å²) in [6, 6.07) is 12.7. The smallest absolute Gasteiger partial charge is 0.269 e. The summed E-state index contributed by atoms with van der Waals surface area (Å²) in [5.41, 5.74) is 1.73. The molecule has 7 nitrogen and oxygen atoms in total.